The normalized spacial score (nSPS) is 19.7. The van der Waals surface area contributed by atoms with Crippen LogP contribution in [0.15, 0.2) is 0 Å². The van der Waals surface area contributed by atoms with Crippen LogP contribution in [0.3, 0.4) is 0 Å². The first kappa shape index (κ1) is 13.4. The Hall–Kier alpha value is -1.05. The average Bonchev–Trinajstić information content (AvgIpc) is 2.76. The van der Waals surface area contributed by atoms with Crippen molar-refractivity contribution in [3.05, 3.63) is 5.01 Å². The van der Waals surface area contributed by atoms with Gasteiger partial charge >= 0.3 is 0 Å². The van der Waals surface area contributed by atoms with Crippen LogP contribution < -0.4 is 10.6 Å². The van der Waals surface area contributed by atoms with Gasteiger partial charge in [0.2, 0.25) is 5.13 Å². The van der Waals surface area contributed by atoms with Crippen LogP contribution in [0.1, 0.15) is 17.8 Å². The SMILES string of the molecule is Cc1nnc(NC(=O)COCC2CCCNC2)s1. The summed E-state index contributed by atoms with van der Waals surface area (Å²) in [5.41, 5.74) is 0. The molecule has 0 radical (unpaired) electrons. The lowest BCUT2D eigenvalue weighted by molar-refractivity contribution is -0.121. The molecule has 100 valence electrons. The molecular formula is C11H18N4O2S. The Balaban J connectivity index is 1.62. The second-order valence-corrected chi connectivity index (χ2v) is 5.58. The number of ether oxygens (including phenoxy) is 1. The number of piperidine rings is 1. The molecule has 1 aliphatic heterocycles. The lowest BCUT2D eigenvalue weighted by Gasteiger charge is -2.22. The van der Waals surface area contributed by atoms with Gasteiger partial charge in [-0.3, -0.25) is 10.1 Å². The summed E-state index contributed by atoms with van der Waals surface area (Å²) < 4.78 is 5.42. The number of aryl methyl sites for hydroxylation is 1. The van der Waals surface area contributed by atoms with Gasteiger partial charge in [0.1, 0.15) is 11.6 Å². The molecule has 0 aromatic carbocycles. The van der Waals surface area contributed by atoms with Gasteiger partial charge in [-0.25, -0.2) is 0 Å². The summed E-state index contributed by atoms with van der Waals surface area (Å²) in [5, 5.41) is 15.0. The minimum Gasteiger partial charge on any atom is -0.371 e. The Morgan fingerprint density at radius 3 is 3.17 bits per heavy atom. The van der Waals surface area contributed by atoms with Crippen molar-refractivity contribution in [2.45, 2.75) is 19.8 Å². The van der Waals surface area contributed by atoms with Gasteiger partial charge in [0, 0.05) is 6.54 Å². The fourth-order valence-corrected chi connectivity index (χ4v) is 2.49. The minimum atomic E-state index is -0.171. The predicted octanol–water partition coefficient (Wildman–Crippen LogP) is 0.801. The molecule has 0 spiro atoms. The molecule has 1 saturated heterocycles. The number of hydrogen-bond acceptors (Lipinski definition) is 6. The van der Waals surface area contributed by atoms with Crippen molar-refractivity contribution < 1.29 is 9.53 Å². The first-order valence-corrected chi connectivity index (χ1v) is 6.94. The van der Waals surface area contributed by atoms with Crippen LogP contribution in [-0.4, -0.2) is 42.4 Å². The summed E-state index contributed by atoms with van der Waals surface area (Å²) in [7, 11) is 0. The van der Waals surface area contributed by atoms with Crippen molar-refractivity contribution in [2.24, 2.45) is 5.92 Å². The van der Waals surface area contributed by atoms with E-state index >= 15 is 0 Å². The van der Waals surface area contributed by atoms with Crippen LogP contribution in [-0.2, 0) is 9.53 Å². The van der Waals surface area contributed by atoms with Gasteiger partial charge in [-0.05, 0) is 32.2 Å². The van der Waals surface area contributed by atoms with Gasteiger partial charge in [-0.2, -0.15) is 0 Å². The van der Waals surface area contributed by atoms with E-state index in [1.54, 1.807) is 0 Å². The summed E-state index contributed by atoms with van der Waals surface area (Å²) in [6, 6.07) is 0. The Kier molecular flexibility index (Phi) is 5.03. The lowest BCUT2D eigenvalue weighted by atomic mass is 10.0. The molecule has 0 aliphatic carbocycles. The minimum absolute atomic E-state index is 0.0785. The highest BCUT2D eigenvalue weighted by atomic mass is 32.1. The zero-order valence-corrected chi connectivity index (χ0v) is 11.3. The average molecular weight is 270 g/mol. The predicted molar refractivity (Wildman–Crippen MR) is 69.7 cm³/mol. The van der Waals surface area contributed by atoms with Gasteiger partial charge in [-0.1, -0.05) is 11.3 Å². The molecule has 2 rings (SSSR count). The van der Waals surface area contributed by atoms with Crippen LogP contribution in [0, 0.1) is 12.8 Å². The van der Waals surface area contributed by atoms with E-state index < -0.39 is 0 Å². The maximum Gasteiger partial charge on any atom is 0.252 e. The molecule has 1 aromatic rings. The number of rotatable bonds is 5. The number of aromatic nitrogens is 2. The van der Waals surface area contributed by atoms with E-state index in [-0.39, 0.29) is 12.5 Å². The maximum atomic E-state index is 11.6. The summed E-state index contributed by atoms with van der Waals surface area (Å²) in [4.78, 5) is 11.6. The number of anilines is 1. The molecule has 2 N–H and O–H groups in total. The monoisotopic (exact) mass is 270 g/mol. The van der Waals surface area contributed by atoms with Gasteiger partial charge in [0.05, 0.1) is 6.61 Å². The summed E-state index contributed by atoms with van der Waals surface area (Å²) in [6.45, 7) is 4.63. The fourth-order valence-electron chi connectivity index (χ4n) is 1.89. The molecule has 2 heterocycles. The van der Waals surface area contributed by atoms with Crippen molar-refractivity contribution in [2.75, 3.05) is 31.6 Å². The number of amides is 1. The van der Waals surface area contributed by atoms with Crippen molar-refractivity contribution in [1.29, 1.82) is 0 Å². The van der Waals surface area contributed by atoms with Crippen LogP contribution in [0.2, 0.25) is 0 Å². The third-order valence-electron chi connectivity index (χ3n) is 2.76. The highest BCUT2D eigenvalue weighted by Gasteiger charge is 2.14. The number of nitrogens with one attached hydrogen (secondary N) is 2. The second-order valence-electron chi connectivity index (χ2n) is 4.40. The zero-order valence-electron chi connectivity index (χ0n) is 10.4. The van der Waals surface area contributed by atoms with E-state index in [9.17, 15) is 4.79 Å². The van der Waals surface area contributed by atoms with E-state index in [0.717, 1.165) is 18.1 Å². The highest BCUT2D eigenvalue weighted by Crippen LogP contribution is 2.13. The summed E-state index contributed by atoms with van der Waals surface area (Å²) >= 11 is 1.36. The van der Waals surface area contributed by atoms with Crippen molar-refractivity contribution in [1.82, 2.24) is 15.5 Å². The van der Waals surface area contributed by atoms with E-state index in [4.69, 9.17) is 4.74 Å². The van der Waals surface area contributed by atoms with Crippen molar-refractivity contribution in [3.8, 4) is 0 Å². The molecule has 1 atom stereocenters. The highest BCUT2D eigenvalue weighted by molar-refractivity contribution is 7.15. The van der Waals surface area contributed by atoms with Crippen LogP contribution in [0.25, 0.3) is 0 Å². The molecule has 0 saturated carbocycles. The lowest BCUT2D eigenvalue weighted by Crippen LogP contribution is -2.33. The Bertz CT molecular complexity index is 390. The van der Waals surface area contributed by atoms with E-state index in [0.29, 0.717) is 17.7 Å². The Morgan fingerprint density at radius 1 is 1.61 bits per heavy atom. The van der Waals surface area contributed by atoms with Gasteiger partial charge in [0.15, 0.2) is 0 Å². The first-order chi connectivity index (χ1) is 8.74. The summed E-state index contributed by atoms with van der Waals surface area (Å²) in [6.07, 6.45) is 2.36. The molecule has 0 bridgehead atoms. The zero-order chi connectivity index (χ0) is 12.8. The van der Waals surface area contributed by atoms with Gasteiger partial charge in [-0.15, -0.1) is 10.2 Å². The topological polar surface area (TPSA) is 76.1 Å². The third-order valence-corrected chi connectivity index (χ3v) is 3.51. The van der Waals surface area contributed by atoms with E-state index in [2.05, 4.69) is 20.8 Å². The van der Waals surface area contributed by atoms with Crippen molar-refractivity contribution in [3.63, 3.8) is 0 Å². The molecule has 1 unspecified atom stereocenters. The molecule has 6 nitrogen and oxygen atoms in total. The van der Waals surface area contributed by atoms with Crippen molar-refractivity contribution >= 4 is 22.4 Å². The maximum absolute atomic E-state index is 11.6. The Labute approximate surface area is 110 Å². The Morgan fingerprint density at radius 2 is 2.50 bits per heavy atom. The third kappa shape index (κ3) is 4.32. The second kappa shape index (κ2) is 6.77. The quantitative estimate of drug-likeness (QED) is 0.827. The van der Waals surface area contributed by atoms with Crippen LogP contribution >= 0.6 is 11.3 Å². The van der Waals surface area contributed by atoms with Crippen LogP contribution in [0.5, 0.6) is 0 Å². The van der Waals surface area contributed by atoms with Crippen LogP contribution in [0.4, 0.5) is 5.13 Å². The van der Waals surface area contributed by atoms with Gasteiger partial charge < -0.3 is 10.1 Å². The van der Waals surface area contributed by atoms with E-state index in [1.807, 2.05) is 6.92 Å². The first-order valence-electron chi connectivity index (χ1n) is 6.12. The van der Waals surface area contributed by atoms with E-state index in [1.165, 1.54) is 24.2 Å². The number of carbonyl (C=O) groups excluding carboxylic acids is 1. The largest absolute Gasteiger partial charge is 0.371 e. The molecule has 18 heavy (non-hydrogen) atoms. The molecular weight excluding hydrogens is 252 g/mol. The number of hydrogen-bond donors (Lipinski definition) is 2. The number of carbonyl (C=O) groups is 1. The summed E-state index contributed by atoms with van der Waals surface area (Å²) in [5.74, 6) is 0.352. The standard InChI is InChI=1S/C11H18N4O2S/c1-8-14-15-11(18-8)13-10(16)7-17-6-9-3-2-4-12-5-9/h9,12H,2-7H2,1H3,(H,13,15,16). The molecule has 1 aromatic heterocycles. The molecule has 1 aliphatic rings. The van der Waals surface area contributed by atoms with Gasteiger partial charge in [0.25, 0.3) is 5.91 Å². The smallest absolute Gasteiger partial charge is 0.252 e. The molecule has 1 fully saturated rings. The molecule has 7 heteroatoms. The number of nitrogens with zero attached hydrogens (tertiary/aromatic N) is 2. The fraction of sp³-hybridized carbons (Fsp3) is 0.727. The molecule has 1 amide bonds.